The van der Waals surface area contributed by atoms with E-state index < -0.39 is 12.0 Å². The number of nitrogens with zero attached hydrogens (tertiary/aromatic N) is 3. The largest absolute Gasteiger partial charge is 0.480 e. The lowest BCUT2D eigenvalue weighted by atomic mass is 10.1. The molecular formula is C8H14N4O3. The standard InChI is InChI=1S/C8H14N4O3/c9-7(8(14)15)4-2-1-3-6(13)5-11-12-10/h7H,1-5,9H2,(H,14,15). The molecule has 7 nitrogen and oxygen atoms in total. The van der Waals surface area contributed by atoms with Crippen LogP contribution >= 0.6 is 0 Å². The van der Waals surface area contributed by atoms with Crippen LogP contribution in [0.15, 0.2) is 5.11 Å². The van der Waals surface area contributed by atoms with Gasteiger partial charge in [0.25, 0.3) is 0 Å². The van der Waals surface area contributed by atoms with E-state index in [4.69, 9.17) is 16.4 Å². The summed E-state index contributed by atoms with van der Waals surface area (Å²) in [7, 11) is 0. The quantitative estimate of drug-likeness (QED) is 0.268. The second-order valence-electron chi connectivity index (χ2n) is 3.12. The highest BCUT2D eigenvalue weighted by atomic mass is 16.4. The Labute approximate surface area is 86.9 Å². The molecular weight excluding hydrogens is 200 g/mol. The molecule has 0 amide bonds. The molecule has 0 saturated heterocycles. The molecule has 0 fully saturated rings. The fourth-order valence-electron chi connectivity index (χ4n) is 0.999. The Kier molecular flexibility index (Phi) is 6.96. The van der Waals surface area contributed by atoms with E-state index in [1.807, 2.05) is 0 Å². The van der Waals surface area contributed by atoms with Gasteiger partial charge in [-0.3, -0.25) is 9.59 Å². The van der Waals surface area contributed by atoms with Gasteiger partial charge in [-0.15, -0.1) is 0 Å². The number of carboxylic acid groups (broad SMARTS) is 1. The van der Waals surface area contributed by atoms with Crippen molar-refractivity contribution in [3.8, 4) is 0 Å². The molecule has 0 rings (SSSR count). The van der Waals surface area contributed by atoms with E-state index in [9.17, 15) is 9.59 Å². The number of aliphatic carboxylic acids is 1. The second kappa shape index (κ2) is 7.78. The van der Waals surface area contributed by atoms with Crippen LogP contribution < -0.4 is 5.73 Å². The van der Waals surface area contributed by atoms with Crippen LogP contribution in [0.2, 0.25) is 0 Å². The molecule has 0 aliphatic rings. The summed E-state index contributed by atoms with van der Waals surface area (Å²) < 4.78 is 0. The minimum atomic E-state index is -1.03. The number of carboxylic acids is 1. The third kappa shape index (κ3) is 7.48. The molecule has 0 aromatic heterocycles. The summed E-state index contributed by atoms with van der Waals surface area (Å²) in [5.41, 5.74) is 13.2. The number of carbonyl (C=O) groups excluding carboxylic acids is 1. The molecule has 0 aromatic carbocycles. The number of hydrogen-bond acceptors (Lipinski definition) is 4. The zero-order valence-electron chi connectivity index (χ0n) is 8.30. The molecule has 0 aromatic rings. The minimum Gasteiger partial charge on any atom is -0.480 e. The molecule has 0 aliphatic carbocycles. The second-order valence-corrected chi connectivity index (χ2v) is 3.12. The number of hydrogen-bond donors (Lipinski definition) is 2. The summed E-state index contributed by atoms with van der Waals surface area (Å²) in [5, 5.41) is 11.6. The molecule has 84 valence electrons. The minimum absolute atomic E-state index is 0.137. The van der Waals surface area contributed by atoms with Gasteiger partial charge in [0.15, 0.2) is 0 Å². The zero-order chi connectivity index (χ0) is 11.7. The van der Waals surface area contributed by atoms with E-state index in [2.05, 4.69) is 10.0 Å². The average molecular weight is 214 g/mol. The zero-order valence-corrected chi connectivity index (χ0v) is 8.30. The third-order valence-corrected chi connectivity index (χ3v) is 1.85. The summed E-state index contributed by atoms with van der Waals surface area (Å²) in [6.45, 7) is -0.137. The van der Waals surface area contributed by atoms with Crippen LogP contribution in [-0.4, -0.2) is 29.4 Å². The highest BCUT2D eigenvalue weighted by Crippen LogP contribution is 2.03. The number of rotatable bonds is 8. The molecule has 0 aliphatic heterocycles. The van der Waals surface area contributed by atoms with Crippen molar-refractivity contribution in [2.24, 2.45) is 10.8 Å². The summed E-state index contributed by atoms with van der Waals surface area (Å²) in [6, 6.07) is -0.864. The molecule has 0 saturated carbocycles. The van der Waals surface area contributed by atoms with Crippen LogP contribution in [0.5, 0.6) is 0 Å². The first-order valence-electron chi connectivity index (χ1n) is 4.59. The Morgan fingerprint density at radius 3 is 2.67 bits per heavy atom. The first-order valence-corrected chi connectivity index (χ1v) is 4.59. The number of carbonyl (C=O) groups is 2. The maximum absolute atomic E-state index is 11.0. The normalized spacial score (nSPS) is 11.5. The van der Waals surface area contributed by atoms with Gasteiger partial charge in [-0.1, -0.05) is 11.5 Å². The van der Waals surface area contributed by atoms with Crippen LogP contribution in [0.4, 0.5) is 0 Å². The van der Waals surface area contributed by atoms with Gasteiger partial charge in [-0.25, -0.2) is 0 Å². The monoisotopic (exact) mass is 214 g/mol. The SMILES string of the molecule is [N-]=[N+]=NCC(=O)CCCCC(N)C(=O)O. The predicted molar refractivity (Wildman–Crippen MR) is 53.1 cm³/mol. The van der Waals surface area contributed by atoms with Gasteiger partial charge in [-0.2, -0.15) is 0 Å². The molecule has 1 unspecified atom stereocenters. The van der Waals surface area contributed by atoms with Crippen LogP contribution in [0, 0.1) is 0 Å². The van der Waals surface area contributed by atoms with E-state index >= 15 is 0 Å². The Balaban J connectivity index is 3.50. The fourth-order valence-corrected chi connectivity index (χ4v) is 0.999. The molecule has 1 atom stereocenters. The topological polar surface area (TPSA) is 129 Å². The van der Waals surface area contributed by atoms with Crippen molar-refractivity contribution in [1.82, 2.24) is 0 Å². The molecule has 7 heteroatoms. The fraction of sp³-hybridized carbons (Fsp3) is 0.750. The van der Waals surface area contributed by atoms with E-state index in [0.29, 0.717) is 25.7 Å². The number of azide groups is 1. The van der Waals surface area contributed by atoms with Crippen molar-refractivity contribution in [2.45, 2.75) is 31.7 Å². The third-order valence-electron chi connectivity index (χ3n) is 1.85. The highest BCUT2D eigenvalue weighted by Gasteiger charge is 2.10. The molecule has 15 heavy (non-hydrogen) atoms. The summed E-state index contributed by atoms with van der Waals surface area (Å²) in [6.07, 6.45) is 1.80. The Morgan fingerprint density at radius 2 is 2.13 bits per heavy atom. The maximum atomic E-state index is 11.0. The van der Waals surface area contributed by atoms with Crippen molar-refractivity contribution in [3.63, 3.8) is 0 Å². The van der Waals surface area contributed by atoms with Gasteiger partial charge in [0, 0.05) is 11.3 Å². The van der Waals surface area contributed by atoms with Gasteiger partial charge in [0.05, 0.1) is 6.54 Å². The smallest absolute Gasteiger partial charge is 0.320 e. The highest BCUT2D eigenvalue weighted by molar-refractivity contribution is 5.80. The molecule has 0 spiro atoms. The van der Waals surface area contributed by atoms with Crippen molar-refractivity contribution in [1.29, 1.82) is 0 Å². The lowest BCUT2D eigenvalue weighted by molar-refractivity contribution is -0.138. The van der Waals surface area contributed by atoms with Crippen LogP contribution in [0.3, 0.4) is 0 Å². The van der Waals surface area contributed by atoms with Gasteiger partial charge in [0.2, 0.25) is 0 Å². The lowest BCUT2D eigenvalue weighted by Gasteiger charge is -2.04. The number of Topliss-reactive ketones (excluding diaryl/α,β-unsaturated/α-hetero) is 1. The summed E-state index contributed by atoms with van der Waals surface area (Å²) >= 11 is 0. The first-order chi connectivity index (χ1) is 7.07. The Bertz CT molecular complexity index is 273. The number of nitrogens with two attached hydrogens (primary N) is 1. The maximum Gasteiger partial charge on any atom is 0.320 e. The van der Waals surface area contributed by atoms with Crippen molar-refractivity contribution < 1.29 is 14.7 Å². The molecule has 0 radical (unpaired) electrons. The van der Waals surface area contributed by atoms with Crippen LogP contribution in [0.25, 0.3) is 10.4 Å². The van der Waals surface area contributed by atoms with Gasteiger partial charge >= 0.3 is 5.97 Å². The number of ketones is 1. The van der Waals surface area contributed by atoms with Gasteiger partial charge in [-0.05, 0) is 18.4 Å². The lowest BCUT2D eigenvalue weighted by Crippen LogP contribution is -2.29. The first kappa shape index (κ1) is 13.4. The molecule has 3 N–H and O–H groups in total. The van der Waals surface area contributed by atoms with Crippen LogP contribution in [0.1, 0.15) is 25.7 Å². The average Bonchev–Trinajstić information content (AvgIpc) is 2.20. The molecule has 0 heterocycles. The molecule has 0 bridgehead atoms. The van der Waals surface area contributed by atoms with E-state index in [1.165, 1.54) is 0 Å². The van der Waals surface area contributed by atoms with Crippen molar-refractivity contribution in [3.05, 3.63) is 10.4 Å². The van der Waals surface area contributed by atoms with E-state index in [0.717, 1.165) is 0 Å². The predicted octanol–water partition coefficient (Wildman–Crippen LogP) is 0.838. The van der Waals surface area contributed by atoms with Crippen molar-refractivity contribution in [2.75, 3.05) is 6.54 Å². The Morgan fingerprint density at radius 1 is 1.47 bits per heavy atom. The number of unbranched alkanes of at least 4 members (excludes halogenated alkanes) is 1. The van der Waals surface area contributed by atoms with Gasteiger partial charge < -0.3 is 10.8 Å². The Hall–Kier alpha value is -1.59. The van der Waals surface area contributed by atoms with Crippen molar-refractivity contribution >= 4 is 11.8 Å². The van der Waals surface area contributed by atoms with E-state index in [-0.39, 0.29) is 12.3 Å². The summed E-state index contributed by atoms with van der Waals surface area (Å²) in [5.74, 6) is -1.17. The summed E-state index contributed by atoms with van der Waals surface area (Å²) in [4.78, 5) is 23.8. The van der Waals surface area contributed by atoms with Gasteiger partial charge in [0.1, 0.15) is 11.8 Å². The van der Waals surface area contributed by atoms with Crippen LogP contribution in [-0.2, 0) is 9.59 Å². The van der Waals surface area contributed by atoms with E-state index in [1.54, 1.807) is 0 Å².